The predicted molar refractivity (Wildman–Crippen MR) is 305 cm³/mol. The van der Waals surface area contributed by atoms with Crippen molar-refractivity contribution in [3.8, 4) is 0 Å². The molecule has 9 rings (SSSR count). The minimum atomic E-state index is -1.29. The summed E-state index contributed by atoms with van der Waals surface area (Å²) in [5.74, 6) is -2.81. The largest absolute Gasteiger partial charge is 0.383 e. The molecule has 452 valence electrons. The zero-order valence-corrected chi connectivity index (χ0v) is 48.8. The van der Waals surface area contributed by atoms with Gasteiger partial charge in [-0.1, -0.05) is 92.9 Å². The van der Waals surface area contributed by atoms with E-state index in [2.05, 4.69) is 31.4 Å². The van der Waals surface area contributed by atoms with Crippen LogP contribution in [0.1, 0.15) is 247 Å². The van der Waals surface area contributed by atoms with Crippen molar-refractivity contribution in [3.05, 3.63) is 0 Å². The summed E-state index contributed by atoms with van der Waals surface area (Å²) in [5.41, 5.74) is 13.9. The third-order valence-electron chi connectivity index (χ3n) is 20.4. The van der Waals surface area contributed by atoms with Crippen molar-refractivity contribution in [3.63, 3.8) is 0 Å². The van der Waals surface area contributed by atoms with Crippen LogP contribution >= 0.6 is 11.6 Å². The van der Waals surface area contributed by atoms with Crippen LogP contribution in [0.2, 0.25) is 0 Å². The van der Waals surface area contributed by atoms with Crippen LogP contribution in [0.25, 0.3) is 0 Å². The van der Waals surface area contributed by atoms with Gasteiger partial charge in [0.15, 0.2) is 11.6 Å². The Morgan fingerprint density at radius 3 is 1.06 bits per heavy atom. The third-order valence-corrected chi connectivity index (χ3v) is 20.7. The SMILES string of the molecule is C.CC1(C[C@H](NC(=O)C2CC2)C(=O)CC2(C(=O)C(N)=O)CCC2)CCCC1.CC1(C[C@H](NC(=O)C2CC2)C(=O)CC2(C(O)C(N)=O)CCC2)CCCC1.C[C@@H](CC1(C)CCCC1)C(=O)CC1(C(O)C(N)=O)CCC1.O=C(Cl)C1CC1. The van der Waals surface area contributed by atoms with Gasteiger partial charge in [-0.3, -0.25) is 47.9 Å². The van der Waals surface area contributed by atoms with Gasteiger partial charge in [-0.15, -0.1) is 0 Å². The van der Waals surface area contributed by atoms with Gasteiger partial charge in [0.05, 0.1) is 12.1 Å². The predicted octanol–water partition coefficient (Wildman–Crippen LogP) is 8.23. The lowest BCUT2D eigenvalue weighted by atomic mass is 9.61. The molecule has 10 N–H and O–H groups in total. The Morgan fingerprint density at radius 1 is 0.475 bits per heavy atom. The molecule has 0 aromatic rings. The Kier molecular flexibility index (Phi) is 23.3. The molecule has 9 fully saturated rings. The highest BCUT2D eigenvalue weighted by Gasteiger charge is 2.52. The lowest BCUT2D eigenvalue weighted by Crippen LogP contribution is -2.52. The fraction of sp³-hybridized carbons (Fsp3) is 0.839. The Bertz CT molecular complexity index is 2240. The van der Waals surface area contributed by atoms with Crippen LogP contribution in [-0.2, 0) is 47.9 Å². The first kappa shape index (κ1) is 66.7. The molecular formula is C62H100ClN5O12. The molecule has 0 aromatic heterocycles. The Hall–Kier alpha value is -4.09. The first-order chi connectivity index (χ1) is 37.1. The molecule has 9 aliphatic carbocycles. The maximum absolute atomic E-state index is 13.1. The standard InChI is InChI=1S/C20H32N2O4.C20H30N2O4.C17H29NO3.C4H5ClO.CH4/c2*1-19(7-2-3-8-19)11-14(22-18(26)13-5-6-13)15(23)12-20(9-4-10-20)16(24)17(21)25;1-12(10-16(2)6-3-4-7-16)13(19)11-17(8-5-9-17)14(20)15(18)21;5-4(6)3-1-2-3;/h13-14,16,24H,2-12H2,1H3,(H2,21,25)(H,22,26);13-14H,2-12H2,1H3,(H2,21,25)(H,22,26);12,14,20H,3-11H2,1-2H3,(H2,18,21);3H,1-2H2;1H4/t14-,16?;14-;12-,14?;;/m000../s1. The van der Waals surface area contributed by atoms with Crippen LogP contribution in [0.3, 0.4) is 0 Å². The van der Waals surface area contributed by atoms with E-state index in [4.69, 9.17) is 28.8 Å². The molecule has 18 heteroatoms. The second-order valence-corrected chi connectivity index (χ2v) is 28.0. The molecule has 0 aromatic carbocycles. The molecule has 0 spiro atoms. The summed E-state index contributed by atoms with van der Waals surface area (Å²) in [7, 11) is 0. The molecule has 0 heterocycles. The highest BCUT2D eigenvalue weighted by molar-refractivity contribution is 6.64. The molecule has 5 amide bonds. The number of amides is 5. The maximum atomic E-state index is 13.1. The van der Waals surface area contributed by atoms with Gasteiger partial charge in [0.1, 0.15) is 18.0 Å². The molecule has 9 aliphatic rings. The highest BCUT2D eigenvalue weighted by Crippen LogP contribution is 2.51. The minimum absolute atomic E-state index is 0. The molecule has 0 aliphatic heterocycles. The number of aliphatic hydroxyl groups excluding tert-OH is 2. The van der Waals surface area contributed by atoms with Crippen molar-refractivity contribution in [2.45, 2.75) is 271 Å². The van der Waals surface area contributed by atoms with E-state index < -0.39 is 64.0 Å². The van der Waals surface area contributed by atoms with Crippen LogP contribution in [0, 0.1) is 56.2 Å². The van der Waals surface area contributed by atoms with Gasteiger partial charge in [0.25, 0.3) is 5.91 Å². The van der Waals surface area contributed by atoms with Gasteiger partial charge in [-0.2, -0.15) is 0 Å². The summed E-state index contributed by atoms with van der Waals surface area (Å²) < 4.78 is 0. The number of carbonyl (C=O) groups excluding carboxylic acids is 10. The molecule has 9 saturated carbocycles. The molecule has 2 unspecified atom stereocenters. The number of carbonyl (C=O) groups is 10. The molecule has 80 heavy (non-hydrogen) atoms. The van der Waals surface area contributed by atoms with E-state index in [1.807, 2.05) is 6.92 Å². The number of nitrogens with one attached hydrogen (secondary N) is 2. The number of ketones is 4. The number of aliphatic hydroxyl groups is 2. The Balaban J connectivity index is 0.000000209. The second kappa shape index (κ2) is 28.0. The van der Waals surface area contributed by atoms with Crippen molar-refractivity contribution in [1.82, 2.24) is 10.6 Å². The summed E-state index contributed by atoms with van der Waals surface area (Å²) in [4.78, 5) is 120. The Morgan fingerprint density at radius 2 is 0.800 bits per heavy atom. The fourth-order valence-electron chi connectivity index (χ4n) is 14.0. The van der Waals surface area contributed by atoms with Gasteiger partial charge < -0.3 is 38.0 Å². The lowest BCUT2D eigenvalue weighted by Gasteiger charge is -2.44. The number of rotatable bonds is 26. The van der Waals surface area contributed by atoms with E-state index in [9.17, 15) is 58.2 Å². The average molecular weight is 1140 g/mol. The number of hydrogen-bond acceptors (Lipinski definition) is 12. The first-order valence-corrected chi connectivity index (χ1v) is 30.6. The summed E-state index contributed by atoms with van der Waals surface area (Å²) in [6, 6.07) is -1.09. The number of Topliss-reactive ketones (excluding diaryl/α,β-unsaturated/α-hetero) is 4. The van der Waals surface area contributed by atoms with Gasteiger partial charge in [0.2, 0.25) is 34.7 Å². The van der Waals surface area contributed by atoms with E-state index in [-0.39, 0.29) is 89.2 Å². The fourth-order valence-corrected chi connectivity index (χ4v) is 14.2. The molecular weight excluding hydrogens is 1040 g/mol. The summed E-state index contributed by atoms with van der Waals surface area (Å²) >= 11 is 5.04. The third kappa shape index (κ3) is 18.0. The van der Waals surface area contributed by atoms with Crippen molar-refractivity contribution < 1.29 is 58.2 Å². The van der Waals surface area contributed by atoms with Crippen molar-refractivity contribution in [2.24, 2.45) is 73.4 Å². The van der Waals surface area contributed by atoms with Gasteiger partial charge >= 0.3 is 0 Å². The van der Waals surface area contributed by atoms with E-state index in [0.717, 1.165) is 128 Å². The van der Waals surface area contributed by atoms with Crippen molar-refractivity contribution in [2.75, 3.05) is 0 Å². The number of halogens is 1. The summed E-state index contributed by atoms with van der Waals surface area (Å²) in [6.45, 7) is 8.65. The smallest absolute Gasteiger partial charge is 0.285 e. The summed E-state index contributed by atoms with van der Waals surface area (Å²) in [5, 5.41) is 26.0. The maximum Gasteiger partial charge on any atom is 0.285 e. The zero-order valence-electron chi connectivity index (χ0n) is 48.0. The van der Waals surface area contributed by atoms with Gasteiger partial charge in [0, 0.05) is 59.2 Å². The highest BCUT2D eigenvalue weighted by atomic mass is 35.5. The minimum Gasteiger partial charge on any atom is -0.383 e. The number of hydrogen-bond donors (Lipinski definition) is 7. The van der Waals surface area contributed by atoms with Crippen LogP contribution in [-0.4, -0.2) is 92.4 Å². The van der Waals surface area contributed by atoms with E-state index in [1.54, 1.807) is 0 Å². The van der Waals surface area contributed by atoms with Crippen LogP contribution < -0.4 is 27.8 Å². The molecule has 0 bridgehead atoms. The zero-order chi connectivity index (χ0) is 58.1. The first-order valence-electron chi connectivity index (χ1n) is 30.3. The van der Waals surface area contributed by atoms with Crippen LogP contribution in [0.4, 0.5) is 0 Å². The Labute approximate surface area is 481 Å². The quantitative estimate of drug-likeness (QED) is 0.0318. The number of nitrogens with two attached hydrogens (primary N) is 3. The van der Waals surface area contributed by atoms with E-state index in [0.29, 0.717) is 50.4 Å². The van der Waals surface area contributed by atoms with Crippen LogP contribution in [0.15, 0.2) is 0 Å². The summed E-state index contributed by atoms with van der Waals surface area (Å²) in [6.07, 6.45) is 26.0. The topological polar surface area (TPSA) is 313 Å². The van der Waals surface area contributed by atoms with E-state index in [1.165, 1.54) is 25.7 Å². The number of primary amides is 3. The van der Waals surface area contributed by atoms with E-state index >= 15 is 0 Å². The molecule has 17 nitrogen and oxygen atoms in total. The molecule has 0 saturated heterocycles. The van der Waals surface area contributed by atoms with Crippen molar-refractivity contribution >= 4 is 69.5 Å². The molecule has 5 atom stereocenters. The average Bonchev–Trinajstić information content (AvgIpc) is 4.29. The van der Waals surface area contributed by atoms with Crippen molar-refractivity contribution in [1.29, 1.82) is 0 Å². The normalized spacial score (nSPS) is 24.6. The van der Waals surface area contributed by atoms with Gasteiger partial charge in [-0.05, 0) is 163 Å². The monoisotopic (exact) mass is 1140 g/mol. The molecule has 0 radical (unpaired) electrons. The van der Waals surface area contributed by atoms with Gasteiger partial charge in [-0.25, -0.2) is 0 Å². The van der Waals surface area contributed by atoms with Crippen LogP contribution in [0.5, 0.6) is 0 Å². The second-order valence-electron chi connectivity index (χ2n) is 27.6. The lowest BCUT2D eigenvalue weighted by molar-refractivity contribution is -0.148.